The van der Waals surface area contributed by atoms with Crippen LogP contribution in [0.25, 0.3) is 0 Å². The normalized spacial score (nSPS) is 10.6. The molecule has 10 heteroatoms. The molecule has 3 aromatic carbocycles. The first kappa shape index (κ1) is 26.1. The van der Waals surface area contributed by atoms with Crippen molar-refractivity contribution in [2.75, 3.05) is 17.3 Å². The predicted molar refractivity (Wildman–Crippen MR) is 145 cm³/mol. The lowest BCUT2D eigenvalue weighted by Crippen LogP contribution is -2.35. The van der Waals surface area contributed by atoms with Crippen molar-refractivity contribution in [1.29, 1.82) is 0 Å². The van der Waals surface area contributed by atoms with E-state index in [0.717, 1.165) is 24.0 Å². The quantitative estimate of drug-likeness (QED) is 0.127. The fraction of sp³-hybridized carbons (Fsp3) is 0.179. The van der Waals surface area contributed by atoms with E-state index in [2.05, 4.69) is 33.1 Å². The van der Waals surface area contributed by atoms with Gasteiger partial charge in [0, 0.05) is 5.69 Å². The van der Waals surface area contributed by atoms with Gasteiger partial charge in [0.1, 0.15) is 12.1 Å². The molecule has 1 aromatic heterocycles. The van der Waals surface area contributed by atoms with Crippen molar-refractivity contribution in [3.05, 3.63) is 112 Å². The highest BCUT2D eigenvalue weighted by atomic mass is 16.6. The molecule has 0 saturated heterocycles. The SMILES string of the molecule is CCCCOc1ccc(Nc2ncnc(NNC(=O)C(c3ccccc3)c3ccccc3)c2[N+](=O)[O-])cc1. The number of unbranched alkanes of at least 4 members (excludes halogenated alkanes) is 1. The first-order chi connectivity index (χ1) is 18.6. The monoisotopic (exact) mass is 512 g/mol. The second-order valence-corrected chi connectivity index (χ2v) is 8.40. The largest absolute Gasteiger partial charge is 0.494 e. The van der Waals surface area contributed by atoms with E-state index in [1.54, 1.807) is 24.3 Å². The molecule has 0 aliphatic heterocycles. The Labute approximate surface area is 220 Å². The molecule has 3 N–H and O–H groups in total. The van der Waals surface area contributed by atoms with Gasteiger partial charge in [-0.25, -0.2) is 9.97 Å². The zero-order valence-electron chi connectivity index (χ0n) is 20.8. The average molecular weight is 513 g/mol. The maximum Gasteiger partial charge on any atom is 0.355 e. The van der Waals surface area contributed by atoms with E-state index < -0.39 is 22.4 Å². The van der Waals surface area contributed by atoms with Crippen LogP contribution < -0.4 is 20.9 Å². The number of hydrogen-bond acceptors (Lipinski definition) is 8. The summed E-state index contributed by atoms with van der Waals surface area (Å²) in [5, 5.41) is 14.9. The summed E-state index contributed by atoms with van der Waals surface area (Å²) in [4.78, 5) is 32.7. The number of nitro groups is 1. The molecule has 1 amide bonds. The number of carbonyl (C=O) groups excluding carboxylic acids is 1. The zero-order chi connectivity index (χ0) is 26.7. The first-order valence-corrected chi connectivity index (χ1v) is 12.2. The van der Waals surface area contributed by atoms with Crippen molar-refractivity contribution < 1.29 is 14.5 Å². The number of ether oxygens (including phenoxy) is 1. The van der Waals surface area contributed by atoms with Gasteiger partial charge in [0.15, 0.2) is 0 Å². The summed E-state index contributed by atoms with van der Waals surface area (Å²) in [5.74, 6) is -0.508. The molecule has 0 unspecified atom stereocenters. The molecule has 4 aromatic rings. The molecule has 0 fully saturated rings. The summed E-state index contributed by atoms with van der Waals surface area (Å²) >= 11 is 0. The number of carbonyl (C=O) groups is 1. The van der Waals surface area contributed by atoms with E-state index >= 15 is 0 Å². The van der Waals surface area contributed by atoms with Gasteiger partial charge >= 0.3 is 5.69 Å². The average Bonchev–Trinajstić information content (AvgIpc) is 2.94. The third-order valence-electron chi connectivity index (χ3n) is 5.72. The van der Waals surface area contributed by atoms with E-state index in [1.165, 1.54) is 6.33 Å². The highest BCUT2D eigenvalue weighted by molar-refractivity contribution is 5.88. The zero-order valence-corrected chi connectivity index (χ0v) is 20.8. The highest BCUT2D eigenvalue weighted by Crippen LogP contribution is 2.31. The van der Waals surface area contributed by atoms with Crippen LogP contribution in [0.1, 0.15) is 36.8 Å². The number of hydrogen-bond donors (Lipinski definition) is 3. The van der Waals surface area contributed by atoms with Crippen LogP contribution in [0.2, 0.25) is 0 Å². The van der Waals surface area contributed by atoms with Crippen LogP contribution in [0.15, 0.2) is 91.3 Å². The molecule has 0 aliphatic carbocycles. The highest BCUT2D eigenvalue weighted by Gasteiger charge is 2.26. The van der Waals surface area contributed by atoms with Crippen LogP contribution in [0.5, 0.6) is 5.75 Å². The minimum atomic E-state index is -0.638. The third-order valence-corrected chi connectivity index (χ3v) is 5.72. The number of hydrazine groups is 1. The molecule has 194 valence electrons. The Morgan fingerprint density at radius 3 is 2.11 bits per heavy atom. The fourth-order valence-corrected chi connectivity index (χ4v) is 3.82. The van der Waals surface area contributed by atoms with Crippen LogP contribution in [-0.2, 0) is 4.79 Å². The Hall–Kier alpha value is -4.99. The van der Waals surface area contributed by atoms with E-state index in [1.807, 2.05) is 60.7 Å². The van der Waals surface area contributed by atoms with Crippen molar-refractivity contribution in [1.82, 2.24) is 15.4 Å². The number of amides is 1. The summed E-state index contributed by atoms with van der Waals surface area (Å²) in [5.41, 5.74) is 6.94. The molecule has 0 spiro atoms. The van der Waals surface area contributed by atoms with Gasteiger partial charge in [0.05, 0.1) is 17.4 Å². The van der Waals surface area contributed by atoms with Crippen LogP contribution in [0.4, 0.5) is 23.0 Å². The smallest absolute Gasteiger partial charge is 0.355 e. The van der Waals surface area contributed by atoms with Crippen molar-refractivity contribution in [3.63, 3.8) is 0 Å². The molecule has 0 radical (unpaired) electrons. The van der Waals surface area contributed by atoms with Crippen LogP contribution >= 0.6 is 0 Å². The lowest BCUT2D eigenvalue weighted by atomic mass is 9.91. The van der Waals surface area contributed by atoms with Crippen molar-refractivity contribution in [2.45, 2.75) is 25.7 Å². The Balaban J connectivity index is 1.52. The van der Waals surface area contributed by atoms with Crippen LogP contribution in [0, 0.1) is 10.1 Å². The van der Waals surface area contributed by atoms with Crippen LogP contribution in [0.3, 0.4) is 0 Å². The number of benzene rings is 3. The minimum absolute atomic E-state index is 0.0240. The molecule has 4 rings (SSSR count). The maximum atomic E-state index is 13.3. The summed E-state index contributed by atoms with van der Waals surface area (Å²) in [6.07, 6.45) is 3.17. The molecule has 38 heavy (non-hydrogen) atoms. The number of rotatable bonds is 12. The Morgan fingerprint density at radius 1 is 0.921 bits per heavy atom. The molecule has 0 atom stereocenters. The molecule has 0 bridgehead atoms. The summed E-state index contributed by atoms with van der Waals surface area (Å²) < 4.78 is 5.66. The van der Waals surface area contributed by atoms with Crippen molar-refractivity contribution in [3.8, 4) is 5.75 Å². The number of nitrogens with zero attached hydrogens (tertiary/aromatic N) is 3. The fourth-order valence-electron chi connectivity index (χ4n) is 3.82. The molecule has 0 saturated carbocycles. The Kier molecular flexibility index (Phi) is 8.80. The standard InChI is InChI=1S/C28H28N6O4/c1-2-3-18-38-23-16-14-22(15-17-23)31-26-25(34(36)37)27(30-19-29-26)32-33-28(35)24(20-10-6-4-7-11-20)21-12-8-5-9-13-21/h4-17,19,24H,2-3,18H2,1H3,(H,33,35)(H2,29,30,31,32). The van der Waals surface area contributed by atoms with Gasteiger partial charge in [-0.15, -0.1) is 0 Å². The molecule has 0 aliphatic rings. The lowest BCUT2D eigenvalue weighted by Gasteiger charge is -2.18. The lowest BCUT2D eigenvalue weighted by molar-refractivity contribution is -0.383. The van der Waals surface area contributed by atoms with Crippen LogP contribution in [-0.4, -0.2) is 27.4 Å². The van der Waals surface area contributed by atoms with Crippen molar-refractivity contribution >= 4 is 28.9 Å². The topological polar surface area (TPSA) is 131 Å². The van der Waals surface area contributed by atoms with Crippen molar-refractivity contribution in [2.24, 2.45) is 0 Å². The van der Waals surface area contributed by atoms with Gasteiger partial charge in [-0.2, -0.15) is 0 Å². The van der Waals surface area contributed by atoms with Gasteiger partial charge < -0.3 is 10.1 Å². The number of aromatic nitrogens is 2. The van der Waals surface area contributed by atoms with E-state index in [0.29, 0.717) is 18.0 Å². The third kappa shape index (κ3) is 6.61. The minimum Gasteiger partial charge on any atom is -0.494 e. The van der Waals surface area contributed by atoms with E-state index in [-0.39, 0.29) is 11.6 Å². The van der Waals surface area contributed by atoms with Gasteiger partial charge in [-0.05, 0) is 41.8 Å². The summed E-state index contributed by atoms with van der Waals surface area (Å²) in [7, 11) is 0. The second-order valence-electron chi connectivity index (χ2n) is 8.40. The molecule has 10 nitrogen and oxygen atoms in total. The Morgan fingerprint density at radius 2 is 1.53 bits per heavy atom. The summed E-state index contributed by atoms with van der Waals surface area (Å²) in [6, 6.07) is 25.6. The predicted octanol–water partition coefficient (Wildman–Crippen LogP) is 5.58. The van der Waals surface area contributed by atoms with Gasteiger partial charge in [-0.3, -0.25) is 25.8 Å². The summed E-state index contributed by atoms with van der Waals surface area (Å²) in [6.45, 7) is 2.71. The molecular formula is C28H28N6O4. The number of anilines is 3. The molecular weight excluding hydrogens is 484 g/mol. The van der Waals surface area contributed by atoms with Gasteiger partial charge in [-0.1, -0.05) is 74.0 Å². The number of nitrogens with one attached hydrogen (secondary N) is 3. The van der Waals surface area contributed by atoms with E-state index in [4.69, 9.17) is 4.74 Å². The first-order valence-electron chi connectivity index (χ1n) is 12.2. The molecule has 1 heterocycles. The Bertz CT molecular complexity index is 1310. The van der Waals surface area contributed by atoms with Gasteiger partial charge in [0.2, 0.25) is 17.5 Å². The van der Waals surface area contributed by atoms with E-state index in [9.17, 15) is 14.9 Å². The second kappa shape index (κ2) is 12.8. The maximum absolute atomic E-state index is 13.3. The van der Waals surface area contributed by atoms with Gasteiger partial charge in [0.25, 0.3) is 0 Å².